The fraction of sp³-hybridized carbons (Fsp3) is 1.00. The third-order valence-corrected chi connectivity index (χ3v) is 3.22. The largest absolute Gasteiger partial charge is 0.329 e. The summed E-state index contributed by atoms with van der Waals surface area (Å²) in [5.74, 6) is 0. The van der Waals surface area contributed by atoms with E-state index in [1.807, 2.05) is 0 Å². The van der Waals surface area contributed by atoms with Crippen molar-refractivity contribution < 1.29 is 0 Å². The molecule has 0 spiro atoms. The van der Waals surface area contributed by atoms with Crippen molar-refractivity contribution in [1.29, 1.82) is 0 Å². The van der Waals surface area contributed by atoms with Crippen LogP contribution in [0, 0.1) is 0 Å². The van der Waals surface area contributed by atoms with Gasteiger partial charge in [-0.15, -0.1) is 0 Å². The highest BCUT2D eigenvalue weighted by Crippen LogP contribution is 2.10. The summed E-state index contributed by atoms with van der Waals surface area (Å²) >= 11 is 0. The lowest BCUT2D eigenvalue weighted by molar-refractivity contribution is 0.109. The molecule has 1 fully saturated rings. The van der Waals surface area contributed by atoms with Gasteiger partial charge >= 0.3 is 0 Å². The molecule has 0 aromatic carbocycles. The molecule has 3 nitrogen and oxygen atoms in total. The van der Waals surface area contributed by atoms with Crippen LogP contribution in [0.4, 0.5) is 0 Å². The molecule has 1 atom stereocenters. The van der Waals surface area contributed by atoms with Gasteiger partial charge in [-0.05, 0) is 13.5 Å². The van der Waals surface area contributed by atoms with Gasteiger partial charge in [0.15, 0.2) is 0 Å². The number of nitrogens with zero attached hydrogens (tertiary/aromatic N) is 2. The van der Waals surface area contributed by atoms with Gasteiger partial charge in [-0.1, -0.05) is 19.8 Å². The van der Waals surface area contributed by atoms with Crippen LogP contribution >= 0.6 is 0 Å². The molecule has 0 saturated carbocycles. The predicted molar refractivity (Wildman–Crippen MR) is 61.4 cm³/mol. The van der Waals surface area contributed by atoms with Crippen LogP contribution in [0.1, 0.15) is 26.2 Å². The van der Waals surface area contributed by atoms with Crippen LogP contribution in [-0.2, 0) is 0 Å². The van der Waals surface area contributed by atoms with Crippen molar-refractivity contribution in [1.82, 2.24) is 9.80 Å². The Morgan fingerprint density at radius 3 is 2.36 bits per heavy atom. The first-order chi connectivity index (χ1) is 6.77. The Morgan fingerprint density at radius 1 is 1.21 bits per heavy atom. The van der Waals surface area contributed by atoms with Crippen molar-refractivity contribution in [3.8, 4) is 0 Å². The highest BCUT2D eigenvalue weighted by Gasteiger charge is 2.20. The molecule has 0 radical (unpaired) electrons. The lowest BCUT2D eigenvalue weighted by Crippen LogP contribution is -2.51. The first-order valence-corrected chi connectivity index (χ1v) is 5.90. The number of rotatable bonds is 5. The monoisotopic (exact) mass is 199 g/mol. The molecule has 2 N–H and O–H groups in total. The van der Waals surface area contributed by atoms with E-state index in [0.717, 1.165) is 6.54 Å². The van der Waals surface area contributed by atoms with Crippen LogP contribution in [0.3, 0.4) is 0 Å². The predicted octanol–water partition coefficient (Wildman–Crippen LogP) is 0.751. The van der Waals surface area contributed by atoms with Crippen LogP contribution in [-0.4, -0.2) is 55.6 Å². The number of hydrogen-bond donors (Lipinski definition) is 1. The summed E-state index contributed by atoms with van der Waals surface area (Å²) in [6.07, 6.45) is 3.87. The van der Waals surface area contributed by atoms with Crippen LogP contribution in [0.5, 0.6) is 0 Å². The van der Waals surface area contributed by atoms with E-state index in [1.54, 1.807) is 0 Å². The lowest BCUT2D eigenvalue weighted by atomic mass is 10.1. The second kappa shape index (κ2) is 6.38. The van der Waals surface area contributed by atoms with Crippen molar-refractivity contribution in [3.63, 3.8) is 0 Å². The maximum absolute atomic E-state index is 5.82. The van der Waals surface area contributed by atoms with Gasteiger partial charge in [0.2, 0.25) is 0 Å². The van der Waals surface area contributed by atoms with Crippen molar-refractivity contribution in [2.45, 2.75) is 32.2 Å². The molecule has 0 aliphatic carbocycles. The minimum Gasteiger partial charge on any atom is -0.329 e. The van der Waals surface area contributed by atoms with Crippen molar-refractivity contribution >= 4 is 0 Å². The van der Waals surface area contributed by atoms with Gasteiger partial charge < -0.3 is 10.6 Å². The molecular weight excluding hydrogens is 174 g/mol. The van der Waals surface area contributed by atoms with E-state index >= 15 is 0 Å². The summed E-state index contributed by atoms with van der Waals surface area (Å²) in [6, 6.07) is 0.628. The molecular formula is C11H25N3. The second-order valence-electron chi connectivity index (χ2n) is 4.37. The molecule has 1 aliphatic heterocycles. The minimum atomic E-state index is 0.628. The van der Waals surface area contributed by atoms with E-state index in [9.17, 15) is 0 Å². The van der Waals surface area contributed by atoms with Crippen molar-refractivity contribution in [3.05, 3.63) is 0 Å². The second-order valence-corrected chi connectivity index (χ2v) is 4.37. The van der Waals surface area contributed by atoms with Crippen molar-refractivity contribution in [2.75, 3.05) is 39.8 Å². The molecule has 1 heterocycles. The highest BCUT2D eigenvalue weighted by atomic mass is 15.3. The van der Waals surface area contributed by atoms with Crippen LogP contribution in [0.25, 0.3) is 0 Å². The summed E-state index contributed by atoms with van der Waals surface area (Å²) in [7, 11) is 2.20. The average molecular weight is 199 g/mol. The fourth-order valence-electron chi connectivity index (χ4n) is 2.08. The van der Waals surface area contributed by atoms with Gasteiger partial charge in [-0.3, -0.25) is 4.90 Å². The Hall–Kier alpha value is -0.120. The summed E-state index contributed by atoms with van der Waals surface area (Å²) < 4.78 is 0. The molecule has 1 unspecified atom stereocenters. The van der Waals surface area contributed by atoms with E-state index in [1.165, 1.54) is 45.4 Å². The molecule has 1 aliphatic rings. The van der Waals surface area contributed by atoms with Crippen LogP contribution in [0.2, 0.25) is 0 Å². The number of hydrogen-bond acceptors (Lipinski definition) is 3. The third kappa shape index (κ3) is 3.56. The third-order valence-electron chi connectivity index (χ3n) is 3.22. The quantitative estimate of drug-likeness (QED) is 0.709. The van der Waals surface area contributed by atoms with E-state index in [-0.39, 0.29) is 0 Å². The van der Waals surface area contributed by atoms with Gasteiger partial charge in [0.1, 0.15) is 0 Å². The Morgan fingerprint density at radius 2 is 1.86 bits per heavy atom. The first kappa shape index (κ1) is 12.0. The molecule has 1 rings (SSSR count). The first-order valence-electron chi connectivity index (χ1n) is 5.90. The zero-order valence-electron chi connectivity index (χ0n) is 9.71. The number of unbranched alkanes of at least 4 members (excludes halogenated alkanes) is 1. The molecule has 3 heteroatoms. The molecule has 1 saturated heterocycles. The van der Waals surface area contributed by atoms with Crippen LogP contribution in [0.15, 0.2) is 0 Å². The summed E-state index contributed by atoms with van der Waals surface area (Å²) in [6.45, 7) is 7.86. The zero-order chi connectivity index (χ0) is 10.4. The Labute approximate surface area is 88.2 Å². The average Bonchev–Trinajstić information content (AvgIpc) is 2.21. The summed E-state index contributed by atoms with van der Waals surface area (Å²) in [5, 5.41) is 0. The zero-order valence-corrected chi connectivity index (χ0v) is 9.71. The molecule has 14 heavy (non-hydrogen) atoms. The maximum atomic E-state index is 5.82. The summed E-state index contributed by atoms with van der Waals surface area (Å²) in [4.78, 5) is 4.96. The van der Waals surface area contributed by atoms with E-state index in [0.29, 0.717) is 6.04 Å². The maximum Gasteiger partial charge on any atom is 0.0219 e. The number of nitrogens with two attached hydrogens (primary N) is 1. The Bertz CT molecular complexity index is 139. The number of piperazine rings is 1. The Kier molecular flexibility index (Phi) is 5.45. The SMILES string of the molecule is CCCCC(CN)N1CCN(C)CC1. The van der Waals surface area contributed by atoms with E-state index in [4.69, 9.17) is 5.73 Å². The molecule has 0 aromatic rings. The molecule has 0 amide bonds. The van der Waals surface area contributed by atoms with Crippen molar-refractivity contribution in [2.24, 2.45) is 5.73 Å². The molecule has 84 valence electrons. The van der Waals surface area contributed by atoms with E-state index in [2.05, 4.69) is 23.8 Å². The van der Waals surface area contributed by atoms with Gasteiger partial charge in [0, 0.05) is 38.8 Å². The highest BCUT2D eigenvalue weighted by molar-refractivity contribution is 4.77. The normalized spacial score (nSPS) is 22.5. The number of likely N-dealkylation sites (N-methyl/N-ethyl adjacent to an activating group) is 1. The van der Waals surface area contributed by atoms with Gasteiger partial charge in [-0.2, -0.15) is 0 Å². The van der Waals surface area contributed by atoms with Gasteiger partial charge in [-0.25, -0.2) is 0 Å². The Balaban J connectivity index is 2.29. The summed E-state index contributed by atoms with van der Waals surface area (Å²) in [5.41, 5.74) is 5.82. The topological polar surface area (TPSA) is 32.5 Å². The van der Waals surface area contributed by atoms with Crippen LogP contribution < -0.4 is 5.73 Å². The van der Waals surface area contributed by atoms with Gasteiger partial charge in [0.25, 0.3) is 0 Å². The lowest BCUT2D eigenvalue weighted by Gasteiger charge is -2.37. The van der Waals surface area contributed by atoms with Gasteiger partial charge in [0.05, 0.1) is 0 Å². The fourth-order valence-corrected chi connectivity index (χ4v) is 2.08. The molecule has 0 aromatic heterocycles. The molecule has 0 bridgehead atoms. The minimum absolute atomic E-state index is 0.628. The smallest absolute Gasteiger partial charge is 0.0219 e. The van der Waals surface area contributed by atoms with E-state index < -0.39 is 0 Å². The standard InChI is InChI=1S/C11H25N3/c1-3-4-5-11(10-12)14-8-6-13(2)7-9-14/h11H,3-10,12H2,1-2H3.